The predicted molar refractivity (Wildman–Crippen MR) is 78.8 cm³/mol. The van der Waals surface area contributed by atoms with Crippen molar-refractivity contribution < 1.29 is 9.90 Å². The molecule has 1 amide bonds. The molecule has 0 bridgehead atoms. The number of anilines is 1. The topological polar surface area (TPSA) is 88.2 Å². The number of carbonyl (C=O) groups is 1. The van der Waals surface area contributed by atoms with Crippen LogP contribution in [0.3, 0.4) is 0 Å². The molecule has 0 atom stereocenters. The Labute approximate surface area is 120 Å². The van der Waals surface area contributed by atoms with Gasteiger partial charge >= 0.3 is 0 Å². The van der Waals surface area contributed by atoms with Crippen LogP contribution in [0.4, 0.5) is 5.13 Å². The molecule has 5 nitrogen and oxygen atoms in total. The van der Waals surface area contributed by atoms with Gasteiger partial charge in [-0.2, -0.15) is 0 Å². The molecule has 0 aliphatic carbocycles. The Kier molecular flexibility index (Phi) is 4.35. The third kappa shape index (κ3) is 3.35. The number of hydrogen-bond donors (Lipinski definition) is 3. The van der Waals surface area contributed by atoms with Crippen molar-refractivity contribution in [2.24, 2.45) is 5.73 Å². The number of nitrogens with one attached hydrogen (secondary N) is 1. The number of thiazole rings is 1. The van der Waals surface area contributed by atoms with E-state index >= 15 is 0 Å². The van der Waals surface area contributed by atoms with Crippen molar-refractivity contribution in [1.82, 2.24) is 4.98 Å². The number of phenols is 1. The van der Waals surface area contributed by atoms with E-state index in [0.717, 1.165) is 10.4 Å². The van der Waals surface area contributed by atoms with E-state index in [1.807, 2.05) is 6.92 Å². The highest BCUT2D eigenvalue weighted by atomic mass is 32.1. The predicted octanol–water partition coefficient (Wildman–Crippen LogP) is 1.72. The average molecular weight is 287 g/mol. The first-order valence-electron chi connectivity index (χ1n) is 5.86. The lowest BCUT2D eigenvalue weighted by molar-refractivity contribution is 0.102. The standard InChI is InChI=1S/C14H13N3O2S/c1-9-4-5-12(18)11(7-9)13(19)17-14-16-8-10(20-14)3-2-6-15/h4-5,7-8,18H,6,15H2,1H3,(H,16,17,19). The molecule has 0 saturated heterocycles. The highest BCUT2D eigenvalue weighted by molar-refractivity contribution is 7.16. The summed E-state index contributed by atoms with van der Waals surface area (Å²) in [4.78, 5) is 16.8. The maximum atomic E-state index is 12.0. The van der Waals surface area contributed by atoms with E-state index < -0.39 is 5.91 Å². The fourth-order valence-electron chi connectivity index (χ4n) is 1.52. The molecular weight excluding hydrogens is 274 g/mol. The smallest absolute Gasteiger partial charge is 0.261 e. The summed E-state index contributed by atoms with van der Waals surface area (Å²) in [5, 5.41) is 12.8. The number of carbonyl (C=O) groups excluding carboxylic acids is 1. The molecule has 6 heteroatoms. The molecule has 0 spiro atoms. The van der Waals surface area contributed by atoms with Gasteiger partial charge in [0.1, 0.15) is 5.75 Å². The van der Waals surface area contributed by atoms with Crippen molar-refractivity contribution in [3.05, 3.63) is 40.4 Å². The number of nitrogens with zero attached hydrogens (tertiary/aromatic N) is 1. The van der Waals surface area contributed by atoms with Crippen LogP contribution in [0.25, 0.3) is 0 Å². The Balaban J connectivity index is 2.15. The summed E-state index contributed by atoms with van der Waals surface area (Å²) in [5.41, 5.74) is 6.39. The zero-order valence-electron chi connectivity index (χ0n) is 10.8. The van der Waals surface area contributed by atoms with Gasteiger partial charge in [0.2, 0.25) is 0 Å². The van der Waals surface area contributed by atoms with Gasteiger partial charge in [-0.05, 0) is 19.1 Å². The number of hydrogen-bond acceptors (Lipinski definition) is 5. The van der Waals surface area contributed by atoms with Gasteiger partial charge in [0, 0.05) is 0 Å². The quantitative estimate of drug-likeness (QED) is 0.734. The maximum absolute atomic E-state index is 12.0. The lowest BCUT2D eigenvalue weighted by Crippen LogP contribution is -2.12. The van der Waals surface area contributed by atoms with E-state index in [1.165, 1.54) is 17.4 Å². The number of phenolic OH excluding ortho intramolecular Hbond substituents is 1. The van der Waals surface area contributed by atoms with Crippen LogP contribution >= 0.6 is 11.3 Å². The molecule has 0 aliphatic rings. The SMILES string of the molecule is Cc1ccc(O)c(C(=O)Nc2ncc(C#CCN)s2)c1. The third-order valence-corrected chi connectivity index (χ3v) is 3.26. The molecule has 1 aromatic carbocycles. The molecular formula is C14H13N3O2S. The van der Waals surface area contributed by atoms with E-state index in [1.54, 1.807) is 18.3 Å². The summed E-state index contributed by atoms with van der Waals surface area (Å²) in [7, 11) is 0. The van der Waals surface area contributed by atoms with E-state index in [9.17, 15) is 9.90 Å². The summed E-state index contributed by atoms with van der Waals surface area (Å²) in [5.74, 6) is 5.09. The van der Waals surface area contributed by atoms with Gasteiger partial charge in [0.25, 0.3) is 5.91 Å². The van der Waals surface area contributed by atoms with Crippen LogP contribution < -0.4 is 11.1 Å². The zero-order chi connectivity index (χ0) is 14.5. The molecule has 1 aromatic heterocycles. The second-order valence-electron chi connectivity index (χ2n) is 4.01. The summed E-state index contributed by atoms with van der Waals surface area (Å²) in [6.45, 7) is 2.12. The highest BCUT2D eigenvalue weighted by Crippen LogP contribution is 2.22. The van der Waals surface area contributed by atoms with Gasteiger partial charge in [-0.25, -0.2) is 4.98 Å². The Morgan fingerprint density at radius 2 is 2.35 bits per heavy atom. The summed E-state index contributed by atoms with van der Waals surface area (Å²) >= 11 is 1.25. The fraction of sp³-hybridized carbons (Fsp3) is 0.143. The molecule has 0 fully saturated rings. The van der Waals surface area contributed by atoms with E-state index in [-0.39, 0.29) is 17.9 Å². The molecule has 2 aromatic rings. The Bertz CT molecular complexity index is 698. The van der Waals surface area contributed by atoms with Crippen molar-refractivity contribution in [1.29, 1.82) is 0 Å². The van der Waals surface area contributed by atoms with Crippen LogP contribution in [-0.4, -0.2) is 22.5 Å². The first-order valence-corrected chi connectivity index (χ1v) is 6.67. The van der Waals surface area contributed by atoms with Gasteiger partial charge in [0.05, 0.1) is 23.2 Å². The minimum Gasteiger partial charge on any atom is -0.507 e. The van der Waals surface area contributed by atoms with E-state index in [0.29, 0.717) is 5.13 Å². The van der Waals surface area contributed by atoms with Crippen LogP contribution in [0.1, 0.15) is 20.8 Å². The second-order valence-corrected chi connectivity index (χ2v) is 5.04. The number of amides is 1. The van der Waals surface area contributed by atoms with Crippen molar-refractivity contribution in [2.45, 2.75) is 6.92 Å². The molecule has 1 heterocycles. The van der Waals surface area contributed by atoms with Crippen molar-refractivity contribution in [3.63, 3.8) is 0 Å². The number of aryl methyl sites for hydroxylation is 1. The number of aromatic hydroxyl groups is 1. The zero-order valence-corrected chi connectivity index (χ0v) is 11.6. The van der Waals surface area contributed by atoms with Crippen LogP contribution in [-0.2, 0) is 0 Å². The van der Waals surface area contributed by atoms with Gasteiger partial charge in [-0.15, -0.1) is 0 Å². The van der Waals surface area contributed by atoms with Crippen LogP contribution in [0.5, 0.6) is 5.75 Å². The fourth-order valence-corrected chi connectivity index (χ4v) is 2.21. The highest BCUT2D eigenvalue weighted by Gasteiger charge is 2.13. The van der Waals surface area contributed by atoms with Gasteiger partial charge in [-0.1, -0.05) is 34.8 Å². The maximum Gasteiger partial charge on any atom is 0.261 e. The molecule has 0 aliphatic heterocycles. The number of rotatable bonds is 2. The minimum absolute atomic E-state index is 0.0622. The average Bonchev–Trinajstić information content (AvgIpc) is 2.86. The van der Waals surface area contributed by atoms with Gasteiger partial charge in [-0.3, -0.25) is 10.1 Å². The number of aromatic nitrogens is 1. The first kappa shape index (κ1) is 14.1. The van der Waals surface area contributed by atoms with Crippen molar-refractivity contribution >= 4 is 22.4 Å². The number of benzene rings is 1. The molecule has 0 radical (unpaired) electrons. The van der Waals surface area contributed by atoms with Crippen molar-refractivity contribution in [3.8, 4) is 17.6 Å². The largest absolute Gasteiger partial charge is 0.507 e. The van der Waals surface area contributed by atoms with Crippen LogP contribution in [0.15, 0.2) is 24.4 Å². The normalized spacial score (nSPS) is 9.70. The summed E-state index contributed by atoms with van der Waals surface area (Å²) in [6.07, 6.45) is 1.57. The molecule has 0 unspecified atom stereocenters. The Hall–Kier alpha value is -2.36. The van der Waals surface area contributed by atoms with Gasteiger partial charge < -0.3 is 10.8 Å². The molecule has 20 heavy (non-hydrogen) atoms. The monoisotopic (exact) mass is 287 g/mol. The Morgan fingerprint density at radius 3 is 3.10 bits per heavy atom. The first-order chi connectivity index (χ1) is 9.60. The summed E-state index contributed by atoms with van der Waals surface area (Å²) < 4.78 is 0. The lowest BCUT2D eigenvalue weighted by Gasteiger charge is -2.05. The van der Waals surface area contributed by atoms with E-state index in [4.69, 9.17) is 5.73 Å². The summed E-state index contributed by atoms with van der Waals surface area (Å²) in [6, 6.07) is 4.84. The van der Waals surface area contributed by atoms with Crippen molar-refractivity contribution in [2.75, 3.05) is 11.9 Å². The third-order valence-electron chi connectivity index (χ3n) is 2.44. The minimum atomic E-state index is -0.404. The number of nitrogens with two attached hydrogens (primary N) is 1. The molecule has 2 rings (SSSR count). The Morgan fingerprint density at radius 1 is 1.55 bits per heavy atom. The molecule has 0 saturated carbocycles. The van der Waals surface area contributed by atoms with Crippen LogP contribution in [0.2, 0.25) is 0 Å². The second kappa shape index (κ2) is 6.19. The molecule has 4 N–H and O–H groups in total. The van der Waals surface area contributed by atoms with Crippen LogP contribution in [0, 0.1) is 18.8 Å². The van der Waals surface area contributed by atoms with E-state index in [2.05, 4.69) is 22.1 Å². The van der Waals surface area contributed by atoms with Gasteiger partial charge in [0.15, 0.2) is 5.13 Å². The molecule has 102 valence electrons. The lowest BCUT2D eigenvalue weighted by atomic mass is 10.1.